The number of aromatic hydroxyl groups is 1. The Labute approximate surface area is 102 Å². The van der Waals surface area contributed by atoms with Gasteiger partial charge in [0, 0.05) is 5.56 Å². The molecule has 0 aliphatic carbocycles. The first-order chi connectivity index (χ1) is 8.19. The van der Waals surface area contributed by atoms with Gasteiger partial charge in [0.05, 0.1) is 0 Å². The highest BCUT2D eigenvalue weighted by atomic mass is 16.3. The fraction of sp³-hybridized carbons (Fsp3) is 0.125. The Morgan fingerprint density at radius 1 is 1.06 bits per heavy atom. The van der Waals surface area contributed by atoms with Gasteiger partial charge in [0.1, 0.15) is 5.75 Å². The molecule has 0 aliphatic rings. The predicted molar refractivity (Wildman–Crippen MR) is 72.2 cm³/mol. The zero-order valence-electron chi connectivity index (χ0n) is 9.98. The second-order valence-electron chi connectivity index (χ2n) is 4.26. The van der Waals surface area contributed by atoms with Crippen LogP contribution in [0.2, 0.25) is 0 Å². The SMILES string of the molecule is C=Cc1cc(Cc2ccc(C)cc2)ccc1O. The summed E-state index contributed by atoms with van der Waals surface area (Å²) in [6.45, 7) is 5.77. The first kappa shape index (κ1) is 11.5. The molecule has 1 N–H and O–H groups in total. The number of benzene rings is 2. The van der Waals surface area contributed by atoms with Crippen LogP contribution in [-0.4, -0.2) is 5.11 Å². The first-order valence-electron chi connectivity index (χ1n) is 5.69. The number of hydrogen-bond donors (Lipinski definition) is 1. The minimum absolute atomic E-state index is 0.285. The predicted octanol–water partition coefficient (Wildman–Crippen LogP) is 3.93. The lowest BCUT2D eigenvalue weighted by Crippen LogP contribution is -1.89. The van der Waals surface area contributed by atoms with Gasteiger partial charge >= 0.3 is 0 Å². The second kappa shape index (κ2) is 4.88. The van der Waals surface area contributed by atoms with E-state index in [9.17, 15) is 5.11 Å². The van der Waals surface area contributed by atoms with Crippen molar-refractivity contribution in [3.05, 3.63) is 71.3 Å². The summed E-state index contributed by atoms with van der Waals surface area (Å²) in [5, 5.41) is 9.57. The van der Waals surface area contributed by atoms with Crippen LogP contribution in [-0.2, 0) is 6.42 Å². The Bertz CT molecular complexity index is 524. The quantitative estimate of drug-likeness (QED) is 0.837. The summed E-state index contributed by atoms with van der Waals surface area (Å²) in [5.74, 6) is 0.285. The first-order valence-corrected chi connectivity index (χ1v) is 5.69. The molecule has 0 fully saturated rings. The number of aryl methyl sites for hydroxylation is 1. The van der Waals surface area contributed by atoms with Crippen LogP contribution in [0.15, 0.2) is 49.0 Å². The van der Waals surface area contributed by atoms with Crippen LogP contribution in [0.4, 0.5) is 0 Å². The topological polar surface area (TPSA) is 20.2 Å². The molecular formula is C16H16O. The van der Waals surface area contributed by atoms with E-state index in [0.717, 1.165) is 12.0 Å². The molecule has 0 aromatic heterocycles. The Balaban J connectivity index is 2.24. The average molecular weight is 224 g/mol. The van der Waals surface area contributed by atoms with Crippen LogP contribution < -0.4 is 0 Å². The molecule has 0 heterocycles. The molecule has 1 heteroatoms. The monoisotopic (exact) mass is 224 g/mol. The molecule has 0 atom stereocenters. The maximum Gasteiger partial charge on any atom is 0.122 e. The van der Waals surface area contributed by atoms with Gasteiger partial charge in [0.2, 0.25) is 0 Å². The summed E-state index contributed by atoms with van der Waals surface area (Å²) >= 11 is 0. The third kappa shape index (κ3) is 2.76. The molecule has 2 rings (SSSR count). The molecule has 2 aromatic carbocycles. The second-order valence-corrected chi connectivity index (χ2v) is 4.26. The Hall–Kier alpha value is -2.02. The van der Waals surface area contributed by atoms with Crippen molar-refractivity contribution in [1.82, 2.24) is 0 Å². The van der Waals surface area contributed by atoms with E-state index in [1.54, 1.807) is 12.1 Å². The van der Waals surface area contributed by atoms with Crippen molar-refractivity contribution >= 4 is 6.08 Å². The molecule has 0 saturated heterocycles. The highest BCUT2D eigenvalue weighted by Gasteiger charge is 2.01. The van der Waals surface area contributed by atoms with Gasteiger partial charge in [-0.1, -0.05) is 48.6 Å². The minimum atomic E-state index is 0.285. The van der Waals surface area contributed by atoms with Crippen LogP contribution in [0, 0.1) is 6.92 Å². The summed E-state index contributed by atoms with van der Waals surface area (Å²) in [5.41, 5.74) is 4.51. The molecule has 0 unspecified atom stereocenters. The zero-order chi connectivity index (χ0) is 12.3. The molecule has 2 aromatic rings. The summed E-state index contributed by atoms with van der Waals surface area (Å²) in [6, 6.07) is 14.1. The van der Waals surface area contributed by atoms with Gasteiger partial charge in [0.25, 0.3) is 0 Å². The molecule has 0 bridgehead atoms. The molecule has 0 radical (unpaired) electrons. The zero-order valence-corrected chi connectivity index (χ0v) is 9.98. The lowest BCUT2D eigenvalue weighted by atomic mass is 10.0. The molecule has 0 amide bonds. The summed E-state index contributed by atoms with van der Waals surface area (Å²) in [6.07, 6.45) is 2.55. The number of phenolic OH excluding ortho intramolecular Hbond substituents is 1. The van der Waals surface area contributed by atoms with Crippen molar-refractivity contribution in [3.63, 3.8) is 0 Å². The van der Waals surface area contributed by atoms with E-state index >= 15 is 0 Å². The molecule has 86 valence electrons. The fourth-order valence-corrected chi connectivity index (χ4v) is 1.82. The Kier molecular flexibility index (Phi) is 3.29. The summed E-state index contributed by atoms with van der Waals surface area (Å²) < 4.78 is 0. The smallest absolute Gasteiger partial charge is 0.122 e. The highest BCUT2D eigenvalue weighted by Crippen LogP contribution is 2.21. The molecule has 0 aliphatic heterocycles. The van der Waals surface area contributed by atoms with Crippen molar-refractivity contribution in [3.8, 4) is 5.75 Å². The summed E-state index contributed by atoms with van der Waals surface area (Å²) in [7, 11) is 0. The minimum Gasteiger partial charge on any atom is -0.507 e. The van der Waals surface area contributed by atoms with Gasteiger partial charge in [-0.2, -0.15) is 0 Å². The van der Waals surface area contributed by atoms with Crippen molar-refractivity contribution < 1.29 is 5.11 Å². The molecule has 0 saturated carbocycles. The fourth-order valence-electron chi connectivity index (χ4n) is 1.82. The van der Waals surface area contributed by atoms with Crippen molar-refractivity contribution in [1.29, 1.82) is 0 Å². The molecule has 0 spiro atoms. The third-order valence-electron chi connectivity index (χ3n) is 2.84. The van der Waals surface area contributed by atoms with Gasteiger partial charge in [-0.3, -0.25) is 0 Å². The van der Waals surface area contributed by atoms with Crippen molar-refractivity contribution in [2.75, 3.05) is 0 Å². The standard InChI is InChI=1S/C16H16O/c1-3-15-11-14(8-9-16(15)17)10-13-6-4-12(2)5-7-13/h3-9,11,17H,1,10H2,2H3. The van der Waals surface area contributed by atoms with Crippen LogP contribution in [0.3, 0.4) is 0 Å². The summed E-state index contributed by atoms with van der Waals surface area (Å²) in [4.78, 5) is 0. The van der Waals surface area contributed by atoms with Gasteiger partial charge in [0.15, 0.2) is 0 Å². The van der Waals surface area contributed by atoms with E-state index in [4.69, 9.17) is 0 Å². The van der Waals surface area contributed by atoms with Crippen LogP contribution in [0.1, 0.15) is 22.3 Å². The third-order valence-corrected chi connectivity index (χ3v) is 2.84. The van der Waals surface area contributed by atoms with E-state index in [2.05, 4.69) is 37.8 Å². The normalized spacial score (nSPS) is 10.2. The number of rotatable bonds is 3. The largest absolute Gasteiger partial charge is 0.507 e. The Morgan fingerprint density at radius 2 is 1.71 bits per heavy atom. The van der Waals surface area contributed by atoms with E-state index < -0.39 is 0 Å². The maximum absolute atomic E-state index is 9.57. The van der Waals surface area contributed by atoms with E-state index in [1.165, 1.54) is 16.7 Å². The highest BCUT2D eigenvalue weighted by molar-refractivity contribution is 5.56. The van der Waals surface area contributed by atoms with Crippen LogP contribution >= 0.6 is 0 Å². The van der Waals surface area contributed by atoms with Gasteiger partial charge < -0.3 is 5.11 Å². The average Bonchev–Trinajstić information content (AvgIpc) is 2.34. The van der Waals surface area contributed by atoms with Crippen LogP contribution in [0.5, 0.6) is 5.75 Å². The van der Waals surface area contributed by atoms with E-state index in [0.29, 0.717) is 0 Å². The van der Waals surface area contributed by atoms with E-state index in [1.807, 2.05) is 12.1 Å². The Morgan fingerprint density at radius 3 is 2.35 bits per heavy atom. The number of hydrogen-bond acceptors (Lipinski definition) is 1. The van der Waals surface area contributed by atoms with Gasteiger partial charge in [-0.15, -0.1) is 0 Å². The lowest BCUT2D eigenvalue weighted by Gasteiger charge is -2.05. The van der Waals surface area contributed by atoms with Crippen molar-refractivity contribution in [2.24, 2.45) is 0 Å². The molecular weight excluding hydrogens is 208 g/mol. The molecule has 17 heavy (non-hydrogen) atoms. The van der Waals surface area contributed by atoms with Gasteiger partial charge in [-0.05, 0) is 36.6 Å². The molecule has 1 nitrogen and oxygen atoms in total. The van der Waals surface area contributed by atoms with E-state index in [-0.39, 0.29) is 5.75 Å². The lowest BCUT2D eigenvalue weighted by molar-refractivity contribution is 0.474. The van der Waals surface area contributed by atoms with Crippen molar-refractivity contribution in [2.45, 2.75) is 13.3 Å². The van der Waals surface area contributed by atoms with Gasteiger partial charge in [-0.25, -0.2) is 0 Å². The number of phenols is 1. The van der Waals surface area contributed by atoms with Crippen LogP contribution in [0.25, 0.3) is 6.08 Å². The maximum atomic E-state index is 9.57.